The van der Waals surface area contributed by atoms with E-state index in [1.807, 2.05) is 23.9 Å². The van der Waals surface area contributed by atoms with E-state index in [1.54, 1.807) is 34.5 Å². The third-order valence-corrected chi connectivity index (χ3v) is 7.16. The molecule has 5 rings (SSSR count). The van der Waals surface area contributed by atoms with Gasteiger partial charge in [0, 0.05) is 53.1 Å². The van der Waals surface area contributed by atoms with Gasteiger partial charge in [0.1, 0.15) is 23.7 Å². The minimum Gasteiger partial charge on any atom is -0.320 e. The minimum absolute atomic E-state index is 0.272. The van der Waals surface area contributed by atoms with Crippen LogP contribution in [0, 0.1) is 19.7 Å². The van der Waals surface area contributed by atoms with Gasteiger partial charge in [0.05, 0.1) is 5.69 Å². The van der Waals surface area contributed by atoms with Gasteiger partial charge in [0.15, 0.2) is 0 Å². The first-order chi connectivity index (χ1) is 15.5. The molecule has 0 amide bonds. The Kier molecular flexibility index (Phi) is 5.65. The molecule has 0 spiro atoms. The summed E-state index contributed by atoms with van der Waals surface area (Å²) in [6.07, 6.45) is 6.00. The molecular weight excluding hydrogens is 423 g/mol. The third kappa shape index (κ3) is 4.00. The number of aryl methyl sites for hydroxylation is 3. The lowest BCUT2D eigenvalue weighted by Crippen LogP contribution is -2.34. The standard InChI is InChI=1S/C24H27FN6S/c1-16-11-20(17(2)32-16)23-19(14-31(28-23)22-9-5-4-8-21(22)25)13-30-10-6-7-18(12-30)24-27-26-15-29(24)3/h4-5,8-9,11,14-15,18H,6-7,10,12-13H2,1-3H3/t18-/m1/s1. The second-order valence-electron chi connectivity index (χ2n) is 8.60. The van der Waals surface area contributed by atoms with E-state index in [0.29, 0.717) is 11.6 Å². The molecule has 0 bridgehead atoms. The van der Waals surface area contributed by atoms with E-state index in [-0.39, 0.29) is 5.82 Å². The number of aromatic nitrogens is 5. The van der Waals surface area contributed by atoms with Gasteiger partial charge in [-0.3, -0.25) is 4.90 Å². The Morgan fingerprint density at radius 2 is 2.06 bits per heavy atom. The van der Waals surface area contributed by atoms with Gasteiger partial charge in [0.2, 0.25) is 0 Å². The fourth-order valence-corrected chi connectivity index (χ4v) is 5.62. The average molecular weight is 451 g/mol. The maximum absolute atomic E-state index is 14.5. The summed E-state index contributed by atoms with van der Waals surface area (Å²) in [5.41, 5.74) is 3.67. The number of para-hydroxylation sites is 1. The lowest BCUT2D eigenvalue weighted by atomic mass is 9.96. The molecule has 32 heavy (non-hydrogen) atoms. The van der Waals surface area contributed by atoms with Crippen LogP contribution >= 0.6 is 11.3 Å². The smallest absolute Gasteiger partial charge is 0.148 e. The highest BCUT2D eigenvalue weighted by atomic mass is 32.1. The number of nitrogens with zero attached hydrogens (tertiary/aromatic N) is 6. The zero-order valence-electron chi connectivity index (χ0n) is 18.6. The van der Waals surface area contributed by atoms with E-state index >= 15 is 0 Å². The van der Waals surface area contributed by atoms with Crippen molar-refractivity contribution in [1.82, 2.24) is 29.4 Å². The van der Waals surface area contributed by atoms with E-state index < -0.39 is 0 Å². The second-order valence-corrected chi connectivity index (χ2v) is 10.1. The first-order valence-electron chi connectivity index (χ1n) is 11.0. The molecule has 0 radical (unpaired) electrons. The van der Waals surface area contributed by atoms with Crippen molar-refractivity contribution < 1.29 is 4.39 Å². The number of piperidine rings is 1. The monoisotopic (exact) mass is 450 g/mol. The van der Waals surface area contributed by atoms with Gasteiger partial charge < -0.3 is 4.57 Å². The predicted octanol–water partition coefficient (Wildman–Crippen LogP) is 4.86. The molecule has 0 N–H and O–H groups in total. The fourth-order valence-electron chi connectivity index (χ4n) is 4.69. The molecule has 1 atom stereocenters. The number of hydrogen-bond donors (Lipinski definition) is 0. The first-order valence-corrected chi connectivity index (χ1v) is 11.8. The van der Waals surface area contributed by atoms with Crippen LogP contribution in [-0.2, 0) is 13.6 Å². The number of benzene rings is 1. The van der Waals surface area contributed by atoms with Crippen molar-refractivity contribution in [2.75, 3.05) is 13.1 Å². The molecule has 1 fully saturated rings. The van der Waals surface area contributed by atoms with Gasteiger partial charge in [-0.15, -0.1) is 21.5 Å². The summed E-state index contributed by atoms with van der Waals surface area (Å²) in [4.78, 5) is 4.95. The molecule has 3 aromatic heterocycles. The molecule has 1 aromatic carbocycles. The summed E-state index contributed by atoms with van der Waals surface area (Å²) >= 11 is 1.77. The predicted molar refractivity (Wildman–Crippen MR) is 125 cm³/mol. The SMILES string of the molecule is Cc1cc(-c2nn(-c3ccccc3F)cc2CN2CCC[C@@H](c3nncn3C)C2)c(C)s1. The van der Waals surface area contributed by atoms with Crippen LogP contribution in [0.1, 0.15) is 39.9 Å². The van der Waals surface area contributed by atoms with Crippen LogP contribution in [0.5, 0.6) is 0 Å². The highest BCUT2D eigenvalue weighted by Gasteiger charge is 2.26. The van der Waals surface area contributed by atoms with Gasteiger partial charge in [-0.05, 0) is 51.4 Å². The van der Waals surface area contributed by atoms with Crippen LogP contribution in [0.2, 0.25) is 0 Å². The van der Waals surface area contributed by atoms with Crippen LogP contribution in [0.15, 0.2) is 42.9 Å². The number of hydrogen-bond acceptors (Lipinski definition) is 5. The lowest BCUT2D eigenvalue weighted by Gasteiger charge is -2.32. The topological polar surface area (TPSA) is 51.8 Å². The highest BCUT2D eigenvalue weighted by Crippen LogP contribution is 2.34. The number of thiophene rings is 1. The normalized spacial score (nSPS) is 17.2. The molecule has 1 aliphatic heterocycles. The largest absolute Gasteiger partial charge is 0.320 e. The summed E-state index contributed by atoms with van der Waals surface area (Å²) in [7, 11) is 2.01. The Morgan fingerprint density at radius 3 is 2.78 bits per heavy atom. The van der Waals surface area contributed by atoms with Gasteiger partial charge in [0.25, 0.3) is 0 Å². The van der Waals surface area contributed by atoms with Crippen LogP contribution in [0.25, 0.3) is 16.9 Å². The van der Waals surface area contributed by atoms with E-state index in [0.717, 1.165) is 55.1 Å². The van der Waals surface area contributed by atoms with Crippen LogP contribution in [-0.4, -0.2) is 42.5 Å². The highest BCUT2D eigenvalue weighted by molar-refractivity contribution is 7.12. The fraction of sp³-hybridized carbons (Fsp3) is 0.375. The first kappa shape index (κ1) is 21.0. The molecule has 0 aliphatic carbocycles. The quantitative estimate of drug-likeness (QED) is 0.436. The Labute approximate surface area is 191 Å². The van der Waals surface area contributed by atoms with Crippen LogP contribution in [0.4, 0.5) is 4.39 Å². The van der Waals surface area contributed by atoms with Crippen molar-refractivity contribution >= 4 is 11.3 Å². The van der Waals surface area contributed by atoms with E-state index in [1.165, 1.54) is 15.8 Å². The average Bonchev–Trinajstić information content (AvgIpc) is 3.47. The van der Waals surface area contributed by atoms with Gasteiger partial charge >= 0.3 is 0 Å². The van der Waals surface area contributed by atoms with Crippen molar-refractivity contribution in [2.24, 2.45) is 7.05 Å². The van der Waals surface area contributed by atoms with Gasteiger partial charge in [-0.2, -0.15) is 5.10 Å². The number of likely N-dealkylation sites (tertiary alicyclic amines) is 1. The van der Waals surface area contributed by atoms with Crippen molar-refractivity contribution in [3.05, 3.63) is 69.8 Å². The van der Waals surface area contributed by atoms with Gasteiger partial charge in [-0.1, -0.05) is 12.1 Å². The maximum Gasteiger partial charge on any atom is 0.148 e. The molecule has 4 aromatic rings. The molecule has 6 nitrogen and oxygen atoms in total. The van der Waals surface area contributed by atoms with E-state index in [4.69, 9.17) is 5.10 Å². The summed E-state index contributed by atoms with van der Waals surface area (Å²) in [6, 6.07) is 8.99. The Morgan fingerprint density at radius 1 is 1.22 bits per heavy atom. The van der Waals surface area contributed by atoms with Gasteiger partial charge in [-0.25, -0.2) is 9.07 Å². The van der Waals surface area contributed by atoms with Crippen molar-refractivity contribution in [3.8, 4) is 16.9 Å². The molecule has 1 aliphatic rings. The summed E-state index contributed by atoms with van der Waals surface area (Å²) in [6.45, 7) is 6.97. The van der Waals surface area contributed by atoms with Crippen LogP contribution < -0.4 is 0 Å². The summed E-state index contributed by atoms with van der Waals surface area (Å²) < 4.78 is 18.2. The Bertz CT molecular complexity index is 1240. The molecule has 8 heteroatoms. The third-order valence-electron chi connectivity index (χ3n) is 6.20. The van der Waals surface area contributed by atoms with Crippen molar-refractivity contribution in [1.29, 1.82) is 0 Å². The van der Waals surface area contributed by atoms with Crippen LogP contribution in [0.3, 0.4) is 0 Å². The molecule has 166 valence electrons. The maximum atomic E-state index is 14.5. The second kappa shape index (κ2) is 8.60. The zero-order valence-corrected chi connectivity index (χ0v) is 19.4. The minimum atomic E-state index is -0.272. The van der Waals surface area contributed by atoms with Crippen molar-refractivity contribution in [2.45, 2.75) is 39.2 Å². The van der Waals surface area contributed by atoms with E-state index in [2.05, 4.69) is 35.0 Å². The van der Waals surface area contributed by atoms with E-state index in [9.17, 15) is 4.39 Å². The summed E-state index contributed by atoms with van der Waals surface area (Å²) in [5.74, 6) is 1.14. The van der Waals surface area contributed by atoms with Crippen molar-refractivity contribution in [3.63, 3.8) is 0 Å². The Balaban J connectivity index is 1.49. The number of halogens is 1. The molecule has 1 saturated heterocycles. The lowest BCUT2D eigenvalue weighted by molar-refractivity contribution is 0.195. The Hall–Kier alpha value is -2.84. The summed E-state index contributed by atoms with van der Waals surface area (Å²) in [5, 5.41) is 13.3. The zero-order chi connectivity index (χ0) is 22.2. The molecule has 0 unspecified atom stereocenters. The molecule has 4 heterocycles. The molecule has 0 saturated carbocycles. The number of rotatable bonds is 5. The molecular formula is C24H27FN6S.